The second kappa shape index (κ2) is 22.7. The van der Waals surface area contributed by atoms with Crippen molar-refractivity contribution >= 4 is 0 Å². The first-order valence-corrected chi connectivity index (χ1v) is 13.3. The SMILES string of the molecule is CCCCCCCCCCCCCCC(O)CNC(/C=C/CN)(CCCN)CCCN. The highest BCUT2D eigenvalue weighted by molar-refractivity contribution is 5.07. The van der Waals surface area contributed by atoms with Gasteiger partial charge in [0.2, 0.25) is 0 Å². The molecule has 1 atom stereocenters. The Morgan fingerprint density at radius 1 is 0.742 bits per heavy atom. The number of nitrogens with two attached hydrogens (primary N) is 3. The van der Waals surface area contributed by atoms with Crippen LogP contribution in [0, 0.1) is 0 Å². The van der Waals surface area contributed by atoms with E-state index >= 15 is 0 Å². The molecule has 0 saturated carbocycles. The van der Waals surface area contributed by atoms with Gasteiger partial charge >= 0.3 is 0 Å². The van der Waals surface area contributed by atoms with E-state index in [0.29, 0.717) is 26.2 Å². The molecule has 0 amide bonds. The highest BCUT2D eigenvalue weighted by Crippen LogP contribution is 2.22. The zero-order chi connectivity index (χ0) is 23.0. The second-order valence-electron chi connectivity index (χ2n) is 9.29. The molecule has 8 N–H and O–H groups in total. The average Bonchev–Trinajstić information content (AvgIpc) is 2.78. The van der Waals surface area contributed by atoms with Crippen LogP contribution in [-0.4, -0.2) is 42.9 Å². The maximum absolute atomic E-state index is 10.5. The molecule has 0 aliphatic carbocycles. The number of aliphatic hydroxyl groups excluding tert-OH is 1. The van der Waals surface area contributed by atoms with Crippen LogP contribution in [0.25, 0.3) is 0 Å². The van der Waals surface area contributed by atoms with Crippen molar-refractivity contribution in [2.75, 3.05) is 26.2 Å². The molecule has 0 bridgehead atoms. The molecule has 0 fully saturated rings. The number of β-amino-alcohol motifs (C(OH)–C–C–N with tert-alkyl or cyclic N) is 1. The van der Waals surface area contributed by atoms with Crippen LogP contribution < -0.4 is 22.5 Å². The number of hydrogen-bond donors (Lipinski definition) is 5. The van der Waals surface area contributed by atoms with Gasteiger partial charge in [-0.25, -0.2) is 0 Å². The quantitative estimate of drug-likeness (QED) is 0.110. The third-order valence-electron chi connectivity index (χ3n) is 6.31. The summed E-state index contributed by atoms with van der Waals surface area (Å²) in [6.07, 6.45) is 24.7. The van der Waals surface area contributed by atoms with E-state index in [2.05, 4.69) is 18.3 Å². The zero-order valence-electron chi connectivity index (χ0n) is 20.8. The fourth-order valence-electron chi connectivity index (χ4n) is 4.30. The van der Waals surface area contributed by atoms with Gasteiger partial charge in [0.15, 0.2) is 0 Å². The summed E-state index contributed by atoms with van der Waals surface area (Å²) >= 11 is 0. The van der Waals surface area contributed by atoms with Gasteiger partial charge in [-0.2, -0.15) is 0 Å². The maximum atomic E-state index is 10.5. The number of unbranched alkanes of at least 4 members (excludes halogenated alkanes) is 11. The molecular formula is C26H56N4O. The summed E-state index contributed by atoms with van der Waals surface area (Å²) in [7, 11) is 0. The lowest BCUT2D eigenvalue weighted by Gasteiger charge is -2.33. The van der Waals surface area contributed by atoms with Crippen molar-refractivity contribution in [2.24, 2.45) is 17.2 Å². The first kappa shape index (κ1) is 30.5. The van der Waals surface area contributed by atoms with Gasteiger partial charge in [-0.1, -0.05) is 96.1 Å². The van der Waals surface area contributed by atoms with Crippen molar-refractivity contribution < 1.29 is 5.11 Å². The summed E-state index contributed by atoms with van der Waals surface area (Å²) in [4.78, 5) is 0. The minimum absolute atomic E-state index is 0.157. The van der Waals surface area contributed by atoms with Gasteiger partial charge in [-0.15, -0.1) is 0 Å². The molecule has 5 heteroatoms. The molecule has 0 aromatic rings. The molecule has 0 radical (unpaired) electrons. The number of aliphatic hydroxyl groups is 1. The summed E-state index contributed by atoms with van der Waals surface area (Å²) in [6, 6.07) is 0. The van der Waals surface area contributed by atoms with Gasteiger partial charge in [0, 0.05) is 18.6 Å². The molecule has 31 heavy (non-hydrogen) atoms. The fraction of sp³-hybridized carbons (Fsp3) is 0.923. The van der Waals surface area contributed by atoms with Crippen LogP contribution >= 0.6 is 0 Å². The molecule has 5 nitrogen and oxygen atoms in total. The largest absolute Gasteiger partial charge is 0.392 e. The fourth-order valence-corrected chi connectivity index (χ4v) is 4.30. The third-order valence-corrected chi connectivity index (χ3v) is 6.31. The van der Waals surface area contributed by atoms with Crippen molar-refractivity contribution in [1.82, 2.24) is 5.32 Å². The minimum Gasteiger partial charge on any atom is -0.392 e. The summed E-state index contributed by atoms with van der Waals surface area (Å²) in [5.74, 6) is 0. The highest BCUT2D eigenvalue weighted by Gasteiger charge is 2.26. The number of nitrogens with one attached hydrogen (secondary N) is 1. The molecule has 0 aliphatic rings. The Labute approximate surface area is 194 Å². The van der Waals surface area contributed by atoms with E-state index in [1.54, 1.807) is 0 Å². The van der Waals surface area contributed by atoms with Gasteiger partial charge in [0.25, 0.3) is 0 Å². The van der Waals surface area contributed by atoms with Crippen LogP contribution in [0.2, 0.25) is 0 Å². The first-order chi connectivity index (χ1) is 15.1. The van der Waals surface area contributed by atoms with Crippen LogP contribution in [0.15, 0.2) is 12.2 Å². The molecule has 186 valence electrons. The van der Waals surface area contributed by atoms with E-state index in [-0.39, 0.29) is 11.6 Å². The highest BCUT2D eigenvalue weighted by atomic mass is 16.3. The Morgan fingerprint density at radius 3 is 1.68 bits per heavy atom. The molecule has 0 aliphatic heterocycles. The van der Waals surface area contributed by atoms with Gasteiger partial charge in [-0.3, -0.25) is 0 Å². The maximum Gasteiger partial charge on any atom is 0.0664 e. The van der Waals surface area contributed by atoms with Gasteiger partial charge < -0.3 is 27.6 Å². The Morgan fingerprint density at radius 2 is 1.23 bits per heavy atom. The minimum atomic E-state index is -0.301. The van der Waals surface area contributed by atoms with Crippen molar-refractivity contribution in [1.29, 1.82) is 0 Å². The molecular weight excluding hydrogens is 384 g/mol. The van der Waals surface area contributed by atoms with E-state index < -0.39 is 0 Å². The Balaban J connectivity index is 3.98. The summed E-state index contributed by atoms with van der Waals surface area (Å²) < 4.78 is 0. The average molecular weight is 441 g/mol. The van der Waals surface area contributed by atoms with Crippen LogP contribution in [-0.2, 0) is 0 Å². The first-order valence-electron chi connectivity index (χ1n) is 13.3. The number of hydrogen-bond acceptors (Lipinski definition) is 5. The lowest BCUT2D eigenvalue weighted by molar-refractivity contribution is 0.144. The van der Waals surface area contributed by atoms with Gasteiger partial charge in [0.1, 0.15) is 0 Å². The molecule has 0 spiro atoms. The van der Waals surface area contributed by atoms with Crippen molar-refractivity contribution in [3.05, 3.63) is 12.2 Å². The van der Waals surface area contributed by atoms with Crippen LogP contribution in [0.3, 0.4) is 0 Å². The molecule has 1 unspecified atom stereocenters. The predicted octanol–water partition coefficient (Wildman–Crippen LogP) is 4.76. The Bertz CT molecular complexity index is 382. The lowest BCUT2D eigenvalue weighted by atomic mass is 9.87. The van der Waals surface area contributed by atoms with Crippen LogP contribution in [0.1, 0.15) is 116 Å². The second-order valence-corrected chi connectivity index (χ2v) is 9.29. The van der Waals surface area contributed by atoms with E-state index in [9.17, 15) is 5.11 Å². The van der Waals surface area contributed by atoms with E-state index in [4.69, 9.17) is 17.2 Å². The summed E-state index contributed by atoms with van der Waals surface area (Å²) in [5.41, 5.74) is 17.0. The Kier molecular flexibility index (Phi) is 22.4. The van der Waals surface area contributed by atoms with E-state index in [0.717, 1.165) is 38.5 Å². The van der Waals surface area contributed by atoms with Crippen molar-refractivity contribution in [2.45, 2.75) is 128 Å². The monoisotopic (exact) mass is 440 g/mol. The van der Waals surface area contributed by atoms with Gasteiger partial charge in [-0.05, 0) is 45.2 Å². The molecule has 0 heterocycles. The topological polar surface area (TPSA) is 110 Å². The van der Waals surface area contributed by atoms with Crippen LogP contribution in [0.4, 0.5) is 0 Å². The molecule has 0 aromatic heterocycles. The predicted molar refractivity (Wildman–Crippen MR) is 137 cm³/mol. The van der Waals surface area contributed by atoms with Crippen molar-refractivity contribution in [3.8, 4) is 0 Å². The normalized spacial score (nSPS) is 13.3. The molecule has 0 saturated heterocycles. The van der Waals surface area contributed by atoms with E-state index in [1.807, 2.05) is 6.08 Å². The summed E-state index contributed by atoms with van der Waals surface area (Å²) in [6.45, 7) is 4.75. The Hall–Kier alpha value is -0.460. The molecule has 0 rings (SSSR count). The third kappa shape index (κ3) is 18.8. The lowest BCUT2D eigenvalue weighted by Crippen LogP contribution is -2.47. The standard InChI is InChI=1S/C26H56N4O/c1-2-3-4-5-6-7-8-9-10-11-12-13-17-25(31)24-30-26(18-14-21-27,19-15-22-28)20-16-23-29/h14,18,25,30-31H,2-13,15-17,19-24,27-29H2,1H3/b18-14+. The smallest absolute Gasteiger partial charge is 0.0664 e. The number of rotatable bonds is 24. The molecule has 0 aromatic carbocycles. The van der Waals surface area contributed by atoms with Crippen LogP contribution in [0.5, 0.6) is 0 Å². The summed E-state index contributed by atoms with van der Waals surface area (Å²) in [5, 5.41) is 14.1. The van der Waals surface area contributed by atoms with Gasteiger partial charge in [0.05, 0.1) is 6.10 Å². The van der Waals surface area contributed by atoms with Crippen molar-refractivity contribution in [3.63, 3.8) is 0 Å². The zero-order valence-corrected chi connectivity index (χ0v) is 20.8. The van der Waals surface area contributed by atoms with E-state index in [1.165, 1.54) is 70.6 Å².